The molecule has 3 rings (SSSR count). The van der Waals surface area contributed by atoms with Crippen LogP contribution in [0.5, 0.6) is 0 Å². The van der Waals surface area contributed by atoms with Crippen molar-refractivity contribution in [3.8, 4) is 0 Å². The van der Waals surface area contributed by atoms with Gasteiger partial charge in [0.1, 0.15) is 5.78 Å². The van der Waals surface area contributed by atoms with Gasteiger partial charge in [0.05, 0.1) is 0 Å². The third-order valence-corrected chi connectivity index (χ3v) is 5.61. The van der Waals surface area contributed by atoms with Crippen molar-refractivity contribution in [1.29, 1.82) is 0 Å². The molecule has 3 fully saturated rings. The van der Waals surface area contributed by atoms with Crippen LogP contribution in [0.15, 0.2) is 0 Å². The molecule has 1 saturated heterocycles. The van der Waals surface area contributed by atoms with Gasteiger partial charge in [-0.2, -0.15) is 0 Å². The number of hydrogen-bond donors (Lipinski definition) is 1. The Hall–Kier alpha value is -0.370. The van der Waals surface area contributed by atoms with Crippen LogP contribution in [-0.4, -0.2) is 18.4 Å². The van der Waals surface area contributed by atoms with Gasteiger partial charge in [-0.1, -0.05) is 19.8 Å². The third-order valence-electron chi connectivity index (χ3n) is 5.61. The first-order valence-corrected chi connectivity index (χ1v) is 7.55. The Morgan fingerprint density at radius 3 is 3.00 bits per heavy atom. The standard InChI is InChI=1S/C15H25NO/c1-2-10-6-7-14(17)13(8-10)15-12-5-3-4-11(12)9-16-15/h10-13,15-16H,2-9H2,1H3. The van der Waals surface area contributed by atoms with Crippen LogP contribution in [0, 0.1) is 23.7 Å². The Morgan fingerprint density at radius 2 is 2.18 bits per heavy atom. The van der Waals surface area contributed by atoms with Crippen molar-refractivity contribution in [2.45, 2.75) is 57.9 Å². The summed E-state index contributed by atoms with van der Waals surface area (Å²) >= 11 is 0. The number of nitrogens with one attached hydrogen (secondary N) is 1. The van der Waals surface area contributed by atoms with E-state index in [2.05, 4.69) is 12.2 Å². The predicted molar refractivity (Wildman–Crippen MR) is 68.8 cm³/mol. The zero-order valence-electron chi connectivity index (χ0n) is 11.0. The maximum Gasteiger partial charge on any atom is 0.137 e. The lowest BCUT2D eigenvalue weighted by atomic mass is 9.72. The van der Waals surface area contributed by atoms with Crippen LogP contribution in [0.25, 0.3) is 0 Å². The van der Waals surface area contributed by atoms with Crippen LogP contribution in [0.4, 0.5) is 0 Å². The van der Waals surface area contributed by atoms with Crippen molar-refractivity contribution >= 4 is 5.78 Å². The van der Waals surface area contributed by atoms with E-state index in [-0.39, 0.29) is 0 Å². The quantitative estimate of drug-likeness (QED) is 0.797. The van der Waals surface area contributed by atoms with Gasteiger partial charge >= 0.3 is 0 Å². The number of carbonyl (C=O) groups excluding carboxylic acids is 1. The average molecular weight is 235 g/mol. The topological polar surface area (TPSA) is 29.1 Å². The van der Waals surface area contributed by atoms with Gasteiger partial charge in [-0.05, 0) is 50.0 Å². The van der Waals surface area contributed by atoms with E-state index in [1.165, 1.54) is 32.2 Å². The molecule has 3 aliphatic rings. The molecule has 1 heterocycles. The lowest BCUT2D eigenvalue weighted by molar-refractivity contribution is -0.127. The van der Waals surface area contributed by atoms with Crippen molar-refractivity contribution in [2.75, 3.05) is 6.54 Å². The number of ketones is 1. The second-order valence-corrected chi connectivity index (χ2v) is 6.41. The monoisotopic (exact) mass is 235 g/mol. The summed E-state index contributed by atoms with van der Waals surface area (Å²) < 4.78 is 0. The predicted octanol–water partition coefficient (Wildman–Crippen LogP) is 2.77. The highest BCUT2D eigenvalue weighted by Gasteiger charge is 2.45. The lowest BCUT2D eigenvalue weighted by Crippen LogP contribution is -2.42. The SMILES string of the molecule is CCC1CCC(=O)C(C2NCC3CCCC32)C1. The second-order valence-electron chi connectivity index (χ2n) is 6.41. The molecule has 0 spiro atoms. The summed E-state index contributed by atoms with van der Waals surface area (Å²) in [4.78, 5) is 12.2. The number of fused-ring (bicyclic) bond motifs is 1. The fourth-order valence-electron chi connectivity index (χ4n) is 4.53. The molecule has 2 heteroatoms. The molecule has 17 heavy (non-hydrogen) atoms. The zero-order valence-corrected chi connectivity index (χ0v) is 11.0. The van der Waals surface area contributed by atoms with Crippen LogP contribution in [0.2, 0.25) is 0 Å². The summed E-state index contributed by atoms with van der Waals surface area (Å²) in [6, 6.07) is 0.532. The van der Waals surface area contributed by atoms with Gasteiger partial charge in [-0.3, -0.25) is 4.79 Å². The molecule has 96 valence electrons. The average Bonchev–Trinajstić information content (AvgIpc) is 2.92. The smallest absolute Gasteiger partial charge is 0.137 e. The number of Topliss-reactive ketones (excluding diaryl/α,β-unsaturated/α-hetero) is 1. The molecule has 2 saturated carbocycles. The Morgan fingerprint density at radius 1 is 1.29 bits per heavy atom. The van der Waals surface area contributed by atoms with Gasteiger partial charge in [0.15, 0.2) is 0 Å². The highest BCUT2D eigenvalue weighted by atomic mass is 16.1. The van der Waals surface area contributed by atoms with E-state index in [1.807, 2.05) is 0 Å². The first-order valence-electron chi connectivity index (χ1n) is 7.55. The Bertz CT molecular complexity index is 301. The van der Waals surface area contributed by atoms with Gasteiger partial charge in [-0.25, -0.2) is 0 Å². The third kappa shape index (κ3) is 2.05. The Balaban J connectivity index is 1.71. The largest absolute Gasteiger partial charge is 0.313 e. The maximum absolute atomic E-state index is 12.2. The van der Waals surface area contributed by atoms with Gasteiger partial charge in [0, 0.05) is 18.4 Å². The van der Waals surface area contributed by atoms with E-state index >= 15 is 0 Å². The van der Waals surface area contributed by atoms with Gasteiger partial charge in [0.2, 0.25) is 0 Å². The molecule has 2 nitrogen and oxygen atoms in total. The molecule has 1 aliphatic heterocycles. The number of carbonyl (C=O) groups is 1. The van der Waals surface area contributed by atoms with E-state index in [0.29, 0.717) is 17.7 Å². The summed E-state index contributed by atoms with van der Waals surface area (Å²) in [5.74, 6) is 3.41. The Kier molecular flexibility index (Phi) is 3.25. The fraction of sp³-hybridized carbons (Fsp3) is 0.933. The minimum absolute atomic E-state index is 0.349. The molecule has 1 N–H and O–H groups in total. The van der Waals surface area contributed by atoms with Crippen LogP contribution in [-0.2, 0) is 4.79 Å². The summed E-state index contributed by atoms with van der Waals surface area (Å²) in [7, 11) is 0. The fourth-order valence-corrected chi connectivity index (χ4v) is 4.53. The van der Waals surface area contributed by atoms with Crippen LogP contribution >= 0.6 is 0 Å². The lowest BCUT2D eigenvalue weighted by Gasteiger charge is -2.34. The van der Waals surface area contributed by atoms with E-state index in [0.717, 1.165) is 37.0 Å². The minimum Gasteiger partial charge on any atom is -0.313 e. The normalized spacial score (nSPS) is 46.2. The minimum atomic E-state index is 0.349. The highest BCUT2D eigenvalue weighted by Crippen LogP contribution is 2.43. The molecule has 0 radical (unpaired) electrons. The number of rotatable bonds is 2. The molecule has 0 amide bonds. The maximum atomic E-state index is 12.2. The van der Waals surface area contributed by atoms with Gasteiger partial charge in [-0.15, -0.1) is 0 Å². The molecule has 0 aromatic heterocycles. The van der Waals surface area contributed by atoms with Crippen molar-refractivity contribution in [1.82, 2.24) is 5.32 Å². The van der Waals surface area contributed by atoms with E-state index in [4.69, 9.17) is 0 Å². The molecular weight excluding hydrogens is 210 g/mol. The molecule has 5 atom stereocenters. The van der Waals surface area contributed by atoms with E-state index in [9.17, 15) is 4.79 Å². The van der Waals surface area contributed by atoms with E-state index < -0.39 is 0 Å². The molecule has 5 unspecified atom stereocenters. The molecule has 0 aromatic rings. The summed E-state index contributed by atoms with van der Waals surface area (Å²) in [5.41, 5.74) is 0. The van der Waals surface area contributed by atoms with Crippen molar-refractivity contribution < 1.29 is 4.79 Å². The molecular formula is C15H25NO. The summed E-state index contributed by atoms with van der Waals surface area (Å²) in [6.07, 6.45) is 8.56. The number of hydrogen-bond acceptors (Lipinski definition) is 2. The highest BCUT2D eigenvalue weighted by molar-refractivity contribution is 5.82. The van der Waals surface area contributed by atoms with Gasteiger partial charge < -0.3 is 5.32 Å². The molecule has 0 aromatic carbocycles. The first kappa shape index (κ1) is 11.7. The zero-order chi connectivity index (χ0) is 11.8. The summed E-state index contributed by atoms with van der Waals surface area (Å²) in [6.45, 7) is 3.45. The van der Waals surface area contributed by atoms with Crippen molar-refractivity contribution in [3.63, 3.8) is 0 Å². The van der Waals surface area contributed by atoms with Crippen LogP contribution in [0.3, 0.4) is 0 Å². The van der Waals surface area contributed by atoms with Crippen LogP contribution in [0.1, 0.15) is 51.9 Å². The Labute approximate surface area is 105 Å². The van der Waals surface area contributed by atoms with Crippen molar-refractivity contribution in [3.05, 3.63) is 0 Å². The molecule has 0 bridgehead atoms. The first-order chi connectivity index (χ1) is 8.29. The van der Waals surface area contributed by atoms with Crippen LogP contribution < -0.4 is 5.32 Å². The summed E-state index contributed by atoms with van der Waals surface area (Å²) in [5, 5.41) is 3.68. The van der Waals surface area contributed by atoms with E-state index in [1.54, 1.807) is 0 Å². The van der Waals surface area contributed by atoms with Crippen molar-refractivity contribution in [2.24, 2.45) is 23.7 Å². The second kappa shape index (κ2) is 4.72. The molecule has 2 aliphatic carbocycles. The van der Waals surface area contributed by atoms with Gasteiger partial charge in [0.25, 0.3) is 0 Å².